The van der Waals surface area contributed by atoms with Gasteiger partial charge in [0.25, 0.3) is 10.1 Å². The van der Waals surface area contributed by atoms with Crippen LogP contribution in [0.2, 0.25) is 0 Å². The maximum Gasteiger partial charge on any atom is 0.264 e. The predicted octanol–water partition coefficient (Wildman–Crippen LogP) is -0.0889. The van der Waals surface area contributed by atoms with Crippen molar-refractivity contribution in [3.05, 3.63) is 25.3 Å². The van der Waals surface area contributed by atoms with Crippen LogP contribution >= 0.6 is 0 Å². The van der Waals surface area contributed by atoms with E-state index in [1.807, 2.05) is 0 Å². The normalized spacial score (nSPS) is 44.9. The summed E-state index contributed by atoms with van der Waals surface area (Å²) in [5.41, 5.74) is 0. The van der Waals surface area contributed by atoms with Crippen molar-refractivity contribution in [2.24, 2.45) is 0 Å². The van der Waals surface area contributed by atoms with Crippen LogP contribution < -0.4 is 0 Å². The van der Waals surface area contributed by atoms with Crippen LogP contribution in [0.1, 0.15) is 0 Å². The summed E-state index contributed by atoms with van der Waals surface area (Å²) in [6.45, 7) is 7.38. The lowest BCUT2D eigenvalue weighted by Gasteiger charge is -2.24. The molecule has 0 aliphatic carbocycles. The van der Waals surface area contributed by atoms with Gasteiger partial charge in [-0.3, -0.25) is 4.18 Å². The van der Waals surface area contributed by atoms with E-state index >= 15 is 0 Å². The Labute approximate surface area is 128 Å². The Morgan fingerprint density at radius 2 is 1.77 bits per heavy atom. The van der Waals surface area contributed by atoms with Crippen molar-refractivity contribution in [2.45, 2.75) is 43.3 Å². The molecule has 3 fully saturated rings. The van der Waals surface area contributed by atoms with Crippen molar-refractivity contribution >= 4 is 10.1 Å². The van der Waals surface area contributed by atoms with E-state index in [1.54, 1.807) is 0 Å². The van der Waals surface area contributed by atoms with Gasteiger partial charge in [0.2, 0.25) is 0 Å². The number of fused-ring (bicyclic) bond motifs is 1. The maximum absolute atomic E-state index is 11.5. The molecule has 0 amide bonds. The first kappa shape index (κ1) is 16.1. The van der Waals surface area contributed by atoms with Crippen LogP contribution in [-0.2, 0) is 38.0 Å². The highest BCUT2D eigenvalue weighted by molar-refractivity contribution is 7.86. The summed E-state index contributed by atoms with van der Waals surface area (Å²) < 4.78 is 55.9. The summed E-state index contributed by atoms with van der Waals surface area (Å²) in [6.07, 6.45) is -0.812. The third-order valence-corrected chi connectivity index (χ3v) is 4.11. The Morgan fingerprint density at radius 1 is 1.05 bits per heavy atom. The molecule has 3 aliphatic rings. The number of hydrogen-bond acceptors (Lipinski definition) is 8. The zero-order valence-corrected chi connectivity index (χ0v) is 12.8. The molecule has 0 N–H and O–H groups in total. The van der Waals surface area contributed by atoms with Gasteiger partial charge in [-0.1, -0.05) is 13.2 Å². The molecule has 0 aromatic rings. The average Bonchev–Trinajstić information content (AvgIpc) is 3.12. The van der Waals surface area contributed by atoms with Crippen LogP contribution in [0.25, 0.3) is 0 Å². The minimum absolute atomic E-state index is 0.231. The molecule has 7 unspecified atom stereocenters. The lowest BCUT2D eigenvalue weighted by atomic mass is 10.1. The molecule has 0 radical (unpaired) electrons. The fourth-order valence-corrected chi connectivity index (χ4v) is 3.30. The summed E-state index contributed by atoms with van der Waals surface area (Å²) in [5, 5.41) is 0. The Kier molecular flexibility index (Phi) is 4.38. The van der Waals surface area contributed by atoms with Gasteiger partial charge in [-0.2, -0.15) is 8.42 Å². The number of rotatable bonds is 5. The van der Waals surface area contributed by atoms with Gasteiger partial charge in [0, 0.05) is 0 Å². The summed E-state index contributed by atoms with van der Waals surface area (Å²) in [4.78, 5) is 0. The van der Waals surface area contributed by atoms with Crippen molar-refractivity contribution in [1.29, 1.82) is 0 Å². The van der Waals surface area contributed by atoms with Gasteiger partial charge in [0.15, 0.2) is 18.9 Å². The van der Waals surface area contributed by atoms with Gasteiger partial charge in [0.05, 0.1) is 12.9 Å². The van der Waals surface area contributed by atoms with Crippen molar-refractivity contribution in [1.82, 2.24) is 0 Å². The molecule has 0 aromatic heterocycles. The Hall–Kier alpha value is -0.810. The van der Waals surface area contributed by atoms with E-state index in [2.05, 4.69) is 13.2 Å². The molecule has 0 aromatic carbocycles. The molecule has 0 saturated carbocycles. The van der Waals surface area contributed by atoms with E-state index in [0.717, 1.165) is 6.26 Å². The summed E-state index contributed by atoms with van der Waals surface area (Å²) in [5.74, 6) is 0. The number of ether oxygens (including phenoxy) is 5. The van der Waals surface area contributed by atoms with Crippen LogP contribution in [0.4, 0.5) is 0 Å². The molecule has 7 atom stereocenters. The molecule has 3 heterocycles. The van der Waals surface area contributed by atoms with Gasteiger partial charge in [0.1, 0.15) is 24.4 Å². The minimum Gasteiger partial charge on any atom is -0.346 e. The van der Waals surface area contributed by atoms with E-state index in [9.17, 15) is 8.42 Å². The monoisotopic (exact) mass is 334 g/mol. The topological polar surface area (TPSA) is 89.5 Å². The molecule has 3 aliphatic heterocycles. The smallest absolute Gasteiger partial charge is 0.264 e. The molecule has 9 heteroatoms. The van der Waals surface area contributed by atoms with Crippen LogP contribution in [0.5, 0.6) is 0 Å². The average molecular weight is 334 g/mol. The van der Waals surface area contributed by atoms with Crippen LogP contribution in [-0.4, -0.2) is 64.6 Å². The SMILES string of the molecule is C=CC1OCC(C2OC3OC(C=C)OC3C2OS(C)(=O)=O)O1. The second-order valence-corrected chi connectivity index (χ2v) is 6.79. The largest absolute Gasteiger partial charge is 0.346 e. The van der Waals surface area contributed by atoms with Crippen molar-refractivity contribution in [3.8, 4) is 0 Å². The Bertz CT molecular complexity index is 546. The van der Waals surface area contributed by atoms with Crippen molar-refractivity contribution < 1.29 is 36.3 Å². The van der Waals surface area contributed by atoms with Crippen LogP contribution in [0.15, 0.2) is 25.3 Å². The zero-order valence-electron chi connectivity index (χ0n) is 12.0. The third kappa shape index (κ3) is 3.11. The first-order chi connectivity index (χ1) is 10.4. The van der Waals surface area contributed by atoms with E-state index in [0.29, 0.717) is 0 Å². The first-order valence-electron chi connectivity index (χ1n) is 6.78. The van der Waals surface area contributed by atoms with Gasteiger partial charge < -0.3 is 23.7 Å². The lowest BCUT2D eigenvalue weighted by Crippen LogP contribution is -2.43. The lowest BCUT2D eigenvalue weighted by molar-refractivity contribution is -0.173. The van der Waals surface area contributed by atoms with Gasteiger partial charge >= 0.3 is 0 Å². The van der Waals surface area contributed by atoms with Gasteiger partial charge in [-0.15, -0.1) is 0 Å². The highest BCUT2D eigenvalue weighted by Crippen LogP contribution is 2.38. The highest BCUT2D eigenvalue weighted by atomic mass is 32.2. The first-order valence-corrected chi connectivity index (χ1v) is 8.60. The van der Waals surface area contributed by atoms with Gasteiger partial charge in [-0.25, -0.2) is 0 Å². The molecule has 0 bridgehead atoms. The third-order valence-electron chi connectivity index (χ3n) is 3.54. The quantitative estimate of drug-likeness (QED) is 0.509. The molecule has 22 heavy (non-hydrogen) atoms. The fourth-order valence-electron chi connectivity index (χ4n) is 2.68. The minimum atomic E-state index is -3.71. The highest BCUT2D eigenvalue weighted by Gasteiger charge is 2.57. The van der Waals surface area contributed by atoms with Crippen LogP contribution in [0.3, 0.4) is 0 Å². The van der Waals surface area contributed by atoms with E-state index in [4.69, 9.17) is 27.9 Å². The summed E-state index contributed by atoms with van der Waals surface area (Å²) in [7, 11) is -3.71. The standard InChI is InChI=1S/C13H18O8S/c1-4-8-16-6-7(17-8)10-11(21-22(3,14)15)12-13(20-10)19-9(5-2)18-12/h4-5,7-13H,1-2,6H2,3H3. The van der Waals surface area contributed by atoms with Gasteiger partial charge in [-0.05, 0) is 12.2 Å². The molecular weight excluding hydrogens is 316 g/mol. The second kappa shape index (κ2) is 6.00. The van der Waals surface area contributed by atoms with E-state index < -0.39 is 53.4 Å². The molecule has 3 rings (SSSR count). The van der Waals surface area contributed by atoms with E-state index in [1.165, 1.54) is 12.2 Å². The molecule has 0 spiro atoms. The van der Waals surface area contributed by atoms with Crippen molar-refractivity contribution in [2.75, 3.05) is 12.9 Å². The summed E-state index contributed by atoms with van der Waals surface area (Å²) in [6, 6.07) is 0. The molecule has 8 nitrogen and oxygen atoms in total. The Balaban J connectivity index is 1.78. The second-order valence-electron chi connectivity index (χ2n) is 5.19. The summed E-state index contributed by atoms with van der Waals surface area (Å²) >= 11 is 0. The number of hydrogen-bond donors (Lipinski definition) is 0. The van der Waals surface area contributed by atoms with E-state index in [-0.39, 0.29) is 6.61 Å². The molecular formula is C13H18O8S. The van der Waals surface area contributed by atoms with Crippen LogP contribution in [0, 0.1) is 0 Å². The molecule has 124 valence electrons. The maximum atomic E-state index is 11.5. The van der Waals surface area contributed by atoms with Crippen molar-refractivity contribution in [3.63, 3.8) is 0 Å². The fraction of sp³-hybridized carbons (Fsp3) is 0.692. The zero-order chi connectivity index (χ0) is 15.9. The predicted molar refractivity (Wildman–Crippen MR) is 73.1 cm³/mol. The Morgan fingerprint density at radius 3 is 2.36 bits per heavy atom. The molecule has 3 saturated heterocycles.